The van der Waals surface area contributed by atoms with E-state index in [0.29, 0.717) is 12.0 Å². The van der Waals surface area contributed by atoms with Crippen molar-refractivity contribution < 1.29 is 9.53 Å². The van der Waals surface area contributed by atoms with Crippen molar-refractivity contribution in [2.75, 3.05) is 44.7 Å². The molecule has 2 aliphatic rings. The molecule has 0 saturated carbocycles. The van der Waals surface area contributed by atoms with E-state index in [1.165, 1.54) is 11.1 Å². The number of hydrogen-bond donors (Lipinski definition) is 1. The maximum Gasteiger partial charge on any atom is 0.321 e. The van der Waals surface area contributed by atoms with E-state index in [2.05, 4.69) is 46.4 Å². The van der Waals surface area contributed by atoms with Crippen LogP contribution in [0.2, 0.25) is 0 Å². The normalized spacial score (nSPS) is 19.7. The topological polar surface area (TPSA) is 57.7 Å². The number of likely N-dealkylation sites (tertiary alicyclic amines) is 1. The first-order valence-corrected chi connectivity index (χ1v) is 10.6. The van der Waals surface area contributed by atoms with Crippen molar-refractivity contribution in [3.63, 3.8) is 0 Å². The maximum atomic E-state index is 12.7. The van der Waals surface area contributed by atoms with Gasteiger partial charge in [0.2, 0.25) is 0 Å². The van der Waals surface area contributed by atoms with E-state index in [-0.39, 0.29) is 6.03 Å². The van der Waals surface area contributed by atoms with Gasteiger partial charge in [-0.2, -0.15) is 0 Å². The largest absolute Gasteiger partial charge is 0.379 e. The molecule has 1 aromatic heterocycles. The zero-order valence-electron chi connectivity index (χ0n) is 17.1. The molecule has 1 N–H and O–H groups in total. The van der Waals surface area contributed by atoms with Gasteiger partial charge in [-0.25, -0.2) is 4.79 Å². The number of benzene rings is 1. The van der Waals surface area contributed by atoms with Gasteiger partial charge in [-0.1, -0.05) is 12.1 Å². The number of urea groups is 1. The van der Waals surface area contributed by atoms with E-state index in [1.54, 1.807) is 0 Å². The van der Waals surface area contributed by atoms with Crippen LogP contribution in [0.15, 0.2) is 48.8 Å². The minimum absolute atomic E-state index is 0.00726. The number of morpholine rings is 1. The first-order chi connectivity index (χ1) is 14.2. The molecule has 2 fully saturated rings. The highest BCUT2D eigenvalue weighted by Gasteiger charge is 2.24. The first-order valence-electron chi connectivity index (χ1n) is 10.6. The number of carbonyl (C=O) groups is 1. The van der Waals surface area contributed by atoms with Crippen LogP contribution in [0.1, 0.15) is 42.9 Å². The zero-order valence-corrected chi connectivity index (χ0v) is 17.1. The van der Waals surface area contributed by atoms with E-state index >= 15 is 0 Å². The molecule has 4 rings (SSSR count). The van der Waals surface area contributed by atoms with Crippen LogP contribution in [-0.2, 0) is 4.74 Å². The number of ether oxygens (including phenoxy) is 1. The second-order valence-corrected chi connectivity index (χ2v) is 7.92. The van der Waals surface area contributed by atoms with Crippen LogP contribution in [-0.4, -0.2) is 60.2 Å². The molecule has 6 heteroatoms. The third-order valence-corrected chi connectivity index (χ3v) is 6.20. The molecular formula is C23H30N4O2. The molecule has 1 unspecified atom stereocenters. The summed E-state index contributed by atoms with van der Waals surface area (Å²) < 4.78 is 5.44. The summed E-state index contributed by atoms with van der Waals surface area (Å²) in [6.45, 7) is 7.33. The van der Waals surface area contributed by atoms with Crippen LogP contribution in [0, 0.1) is 0 Å². The van der Waals surface area contributed by atoms with Gasteiger partial charge in [-0.05, 0) is 61.1 Å². The molecule has 1 atom stereocenters. The number of nitrogens with zero attached hydrogens (tertiary/aromatic N) is 3. The molecule has 0 radical (unpaired) electrons. The first kappa shape index (κ1) is 19.9. The predicted molar refractivity (Wildman–Crippen MR) is 114 cm³/mol. The summed E-state index contributed by atoms with van der Waals surface area (Å²) >= 11 is 0. The molecule has 29 heavy (non-hydrogen) atoms. The van der Waals surface area contributed by atoms with Crippen LogP contribution >= 0.6 is 0 Å². The van der Waals surface area contributed by atoms with Crippen molar-refractivity contribution in [2.24, 2.45) is 0 Å². The van der Waals surface area contributed by atoms with E-state index in [0.717, 1.165) is 57.9 Å². The smallest absolute Gasteiger partial charge is 0.321 e. The highest BCUT2D eigenvalue weighted by atomic mass is 16.5. The van der Waals surface area contributed by atoms with Crippen LogP contribution in [0.4, 0.5) is 10.5 Å². The molecule has 2 saturated heterocycles. The second-order valence-electron chi connectivity index (χ2n) is 7.92. The minimum Gasteiger partial charge on any atom is -0.379 e. The van der Waals surface area contributed by atoms with Gasteiger partial charge in [0.25, 0.3) is 0 Å². The SMILES string of the molecule is CC(c1ccc(NC(=O)N2CCC(c3ccncc3)CC2)cc1)N1CCOCC1. The summed E-state index contributed by atoms with van der Waals surface area (Å²) in [4.78, 5) is 21.1. The van der Waals surface area contributed by atoms with Crippen molar-refractivity contribution in [3.05, 3.63) is 59.9 Å². The van der Waals surface area contributed by atoms with Gasteiger partial charge in [0.05, 0.1) is 13.2 Å². The van der Waals surface area contributed by atoms with Gasteiger partial charge in [-0.3, -0.25) is 9.88 Å². The third-order valence-electron chi connectivity index (χ3n) is 6.20. The Morgan fingerprint density at radius 3 is 2.34 bits per heavy atom. The van der Waals surface area contributed by atoms with Crippen LogP contribution < -0.4 is 5.32 Å². The van der Waals surface area contributed by atoms with Gasteiger partial charge in [0.15, 0.2) is 0 Å². The lowest BCUT2D eigenvalue weighted by molar-refractivity contribution is 0.0198. The van der Waals surface area contributed by atoms with Crippen molar-refractivity contribution in [1.29, 1.82) is 0 Å². The quantitative estimate of drug-likeness (QED) is 0.855. The fourth-order valence-electron chi connectivity index (χ4n) is 4.27. The molecule has 154 valence electrons. The number of carbonyl (C=O) groups excluding carboxylic acids is 1. The van der Waals surface area contributed by atoms with E-state index < -0.39 is 0 Å². The standard InChI is InChI=1S/C23H30N4O2/c1-18(26-14-16-29-17-15-26)19-2-4-22(5-3-19)25-23(28)27-12-8-21(9-13-27)20-6-10-24-11-7-20/h2-7,10-11,18,21H,8-9,12-17H2,1H3,(H,25,28). The fraction of sp³-hybridized carbons (Fsp3) is 0.478. The Balaban J connectivity index is 1.28. The Morgan fingerprint density at radius 1 is 1.03 bits per heavy atom. The van der Waals surface area contributed by atoms with E-state index in [1.807, 2.05) is 29.4 Å². The molecule has 2 aromatic rings. The van der Waals surface area contributed by atoms with Gasteiger partial charge < -0.3 is 15.0 Å². The summed E-state index contributed by atoms with van der Waals surface area (Å²) in [6, 6.07) is 12.8. The monoisotopic (exact) mass is 394 g/mol. The predicted octanol–water partition coefficient (Wildman–Crippen LogP) is 3.89. The van der Waals surface area contributed by atoms with Gasteiger partial charge >= 0.3 is 6.03 Å². The number of hydrogen-bond acceptors (Lipinski definition) is 4. The van der Waals surface area contributed by atoms with Gasteiger partial charge in [0, 0.05) is 50.3 Å². The zero-order chi connectivity index (χ0) is 20.1. The molecule has 6 nitrogen and oxygen atoms in total. The lowest BCUT2D eigenvalue weighted by Gasteiger charge is -2.33. The molecule has 2 amide bonds. The van der Waals surface area contributed by atoms with E-state index in [9.17, 15) is 4.79 Å². The Morgan fingerprint density at radius 2 is 1.69 bits per heavy atom. The van der Waals surface area contributed by atoms with Crippen LogP contribution in [0.5, 0.6) is 0 Å². The van der Waals surface area contributed by atoms with E-state index in [4.69, 9.17) is 4.74 Å². The van der Waals surface area contributed by atoms with Crippen LogP contribution in [0.3, 0.4) is 0 Å². The number of pyridine rings is 1. The Kier molecular flexibility index (Phi) is 6.42. The molecule has 1 aromatic carbocycles. The van der Waals surface area contributed by atoms with Gasteiger partial charge in [-0.15, -0.1) is 0 Å². The summed E-state index contributed by atoms with van der Waals surface area (Å²) in [7, 11) is 0. The summed E-state index contributed by atoms with van der Waals surface area (Å²) in [6.07, 6.45) is 5.68. The average molecular weight is 395 g/mol. The van der Waals surface area contributed by atoms with Crippen molar-refractivity contribution in [3.8, 4) is 0 Å². The molecule has 0 spiro atoms. The summed E-state index contributed by atoms with van der Waals surface area (Å²) in [5.41, 5.74) is 3.44. The van der Waals surface area contributed by atoms with Crippen molar-refractivity contribution in [2.45, 2.75) is 31.7 Å². The number of rotatable bonds is 4. The summed E-state index contributed by atoms with van der Waals surface area (Å²) in [5.74, 6) is 0.517. The number of aromatic nitrogens is 1. The number of anilines is 1. The Hall–Kier alpha value is -2.44. The highest BCUT2D eigenvalue weighted by Crippen LogP contribution is 2.28. The van der Waals surface area contributed by atoms with Crippen molar-refractivity contribution >= 4 is 11.7 Å². The number of piperidine rings is 1. The lowest BCUT2D eigenvalue weighted by atomic mass is 9.90. The lowest BCUT2D eigenvalue weighted by Crippen LogP contribution is -2.40. The maximum absolute atomic E-state index is 12.7. The summed E-state index contributed by atoms with van der Waals surface area (Å²) in [5, 5.41) is 3.06. The Bertz CT molecular complexity index is 782. The number of nitrogens with one attached hydrogen (secondary N) is 1. The molecule has 3 heterocycles. The second kappa shape index (κ2) is 9.37. The Labute approximate surface area is 172 Å². The fourth-order valence-corrected chi connectivity index (χ4v) is 4.27. The van der Waals surface area contributed by atoms with Crippen LogP contribution in [0.25, 0.3) is 0 Å². The molecule has 0 bridgehead atoms. The number of amides is 2. The third kappa shape index (κ3) is 4.95. The highest BCUT2D eigenvalue weighted by molar-refractivity contribution is 5.89. The molecule has 2 aliphatic heterocycles. The van der Waals surface area contributed by atoms with Gasteiger partial charge in [0.1, 0.15) is 0 Å². The van der Waals surface area contributed by atoms with Crippen molar-refractivity contribution in [1.82, 2.24) is 14.8 Å². The molecule has 0 aliphatic carbocycles. The average Bonchev–Trinajstić information content (AvgIpc) is 2.80. The minimum atomic E-state index is -0.00726. The molecular weight excluding hydrogens is 364 g/mol.